The van der Waals surface area contributed by atoms with Crippen LogP contribution in [0.3, 0.4) is 0 Å². The molecule has 2 rings (SSSR count). The Morgan fingerprint density at radius 3 is 2.81 bits per heavy atom. The Kier molecular flexibility index (Phi) is 2.91. The van der Waals surface area contributed by atoms with Crippen molar-refractivity contribution in [3.05, 3.63) is 48.2 Å². The van der Waals surface area contributed by atoms with Gasteiger partial charge < -0.3 is 15.6 Å². The highest BCUT2D eigenvalue weighted by atomic mass is 16.5. The van der Waals surface area contributed by atoms with Gasteiger partial charge in [-0.3, -0.25) is 0 Å². The minimum absolute atomic E-state index is 0.129. The van der Waals surface area contributed by atoms with E-state index >= 15 is 0 Å². The molecule has 0 aliphatic rings. The zero-order valence-corrected chi connectivity index (χ0v) is 8.63. The summed E-state index contributed by atoms with van der Waals surface area (Å²) in [5.41, 5.74) is 6.45. The molecule has 0 saturated heterocycles. The largest absolute Gasteiger partial charge is 0.504 e. The molecule has 0 amide bonds. The molecule has 0 unspecified atom stereocenters. The summed E-state index contributed by atoms with van der Waals surface area (Å²) in [7, 11) is 0. The number of phenolic OH excluding ortho intramolecular Hbond substituents is 1. The number of aromatic nitrogens is 1. The van der Waals surface area contributed by atoms with Crippen LogP contribution in [0.15, 0.2) is 42.6 Å². The standard InChI is InChI=1S/C12H12N2O2/c13-12-7-9(5-6-14-12)8-16-11-4-2-1-3-10(11)15/h1-7,15H,8H2,(H2,13,14). The minimum Gasteiger partial charge on any atom is -0.504 e. The highest BCUT2D eigenvalue weighted by Gasteiger charge is 2.01. The van der Waals surface area contributed by atoms with E-state index in [-0.39, 0.29) is 5.75 Å². The number of pyridine rings is 1. The van der Waals surface area contributed by atoms with Gasteiger partial charge in [0.2, 0.25) is 0 Å². The van der Waals surface area contributed by atoms with Crippen LogP contribution in [0.4, 0.5) is 5.82 Å². The van der Waals surface area contributed by atoms with Gasteiger partial charge in [-0.15, -0.1) is 0 Å². The summed E-state index contributed by atoms with van der Waals surface area (Å²) in [6.07, 6.45) is 1.62. The number of nitrogens with two attached hydrogens (primary N) is 1. The lowest BCUT2D eigenvalue weighted by Gasteiger charge is -2.07. The van der Waals surface area contributed by atoms with Gasteiger partial charge in [-0.05, 0) is 29.8 Å². The molecule has 82 valence electrons. The number of nitrogen functional groups attached to an aromatic ring is 1. The molecule has 2 aromatic rings. The Morgan fingerprint density at radius 2 is 2.06 bits per heavy atom. The summed E-state index contributed by atoms with van der Waals surface area (Å²) in [5, 5.41) is 9.48. The third kappa shape index (κ3) is 2.42. The number of nitrogens with zero attached hydrogens (tertiary/aromatic N) is 1. The maximum absolute atomic E-state index is 9.48. The van der Waals surface area contributed by atoms with Crippen molar-refractivity contribution in [2.24, 2.45) is 0 Å². The van der Waals surface area contributed by atoms with Crippen LogP contribution >= 0.6 is 0 Å². The molecule has 3 N–H and O–H groups in total. The normalized spacial score (nSPS) is 10.0. The second-order valence-electron chi connectivity index (χ2n) is 3.35. The first kappa shape index (κ1) is 10.3. The number of rotatable bonds is 3. The highest BCUT2D eigenvalue weighted by Crippen LogP contribution is 2.25. The average Bonchev–Trinajstić information content (AvgIpc) is 2.28. The monoisotopic (exact) mass is 216 g/mol. The van der Waals surface area contributed by atoms with Crippen molar-refractivity contribution >= 4 is 5.82 Å². The summed E-state index contributed by atoms with van der Waals surface area (Å²) in [6.45, 7) is 0.351. The summed E-state index contributed by atoms with van der Waals surface area (Å²) in [6, 6.07) is 10.4. The van der Waals surface area contributed by atoms with Crippen LogP contribution in [0.2, 0.25) is 0 Å². The van der Waals surface area contributed by atoms with Crippen molar-refractivity contribution in [1.82, 2.24) is 4.98 Å². The molecule has 0 atom stereocenters. The molecular weight excluding hydrogens is 204 g/mol. The zero-order valence-electron chi connectivity index (χ0n) is 8.63. The van der Waals surface area contributed by atoms with Gasteiger partial charge in [0.05, 0.1) is 0 Å². The van der Waals surface area contributed by atoms with Gasteiger partial charge in [-0.25, -0.2) is 4.98 Å². The molecule has 0 saturated carbocycles. The molecule has 1 aromatic heterocycles. The molecule has 1 heterocycles. The molecule has 0 aliphatic carbocycles. The van der Waals surface area contributed by atoms with Gasteiger partial charge in [-0.1, -0.05) is 12.1 Å². The second-order valence-corrected chi connectivity index (χ2v) is 3.35. The van der Waals surface area contributed by atoms with Crippen molar-refractivity contribution in [2.45, 2.75) is 6.61 Å². The Labute approximate surface area is 93.3 Å². The number of anilines is 1. The summed E-state index contributed by atoms with van der Waals surface area (Å²) in [5.74, 6) is 1.04. The Bertz CT molecular complexity index is 486. The second kappa shape index (κ2) is 4.53. The average molecular weight is 216 g/mol. The Morgan fingerprint density at radius 1 is 1.25 bits per heavy atom. The zero-order chi connectivity index (χ0) is 11.4. The van der Waals surface area contributed by atoms with Crippen LogP contribution in [0, 0.1) is 0 Å². The molecule has 1 aromatic carbocycles. The fourth-order valence-electron chi connectivity index (χ4n) is 1.32. The van der Waals surface area contributed by atoms with Crippen LogP contribution in [0.5, 0.6) is 11.5 Å². The van der Waals surface area contributed by atoms with E-state index in [1.54, 1.807) is 36.5 Å². The van der Waals surface area contributed by atoms with Gasteiger partial charge in [-0.2, -0.15) is 0 Å². The first-order valence-corrected chi connectivity index (χ1v) is 4.87. The molecular formula is C12H12N2O2. The SMILES string of the molecule is Nc1cc(COc2ccccc2O)ccn1. The van der Waals surface area contributed by atoms with Crippen LogP contribution < -0.4 is 10.5 Å². The number of hydrogen-bond donors (Lipinski definition) is 2. The smallest absolute Gasteiger partial charge is 0.161 e. The molecule has 0 bridgehead atoms. The van der Waals surface area contributed by atoms with Gasteiger partial charge in [0, 0.05) is 6.20 Å². The van der Waals surface area contributed by atoms with Crippen molar-refractivity contribution in [3.8, 4) is 11.5 Å². The van der Waals surface area contributed by atoms with Crippen LogP contribution in [0.25, 0.3) is 0 Å². The molecule has 0 radical (unpaired) electrons. The predicted molar refractivity (Wildman–Crippen MR) is 61.1 cm³/mol. The van der Waals surface area contributed by atoms with Crippen LogP contribution in [-0.2, 0) is 6.61 Å². The molecule has 16 heavy (non-hydrogen) atoms. The third-order valence-corrected chi connectivity index (χ3v) is 2.11. The molecule has 4 heteroatoms. The minimum atomic E-state index is 0.129. The highest BCUT2D eigenvalue weighted by molar-refractivity contribution is 5.38. The maximum Gasteiger partial charge on any atom is 0.161 e. The molecule has 0 aliphatic heterocycles. The number of phenols is 1. The predicted octanol–water partition coefficient (Wildman–Crippen LogP) is 1.95. The molecule has 0 spiro atoms. The topological polar surface area (TPSA) is 68.4 Å². The summed E-state index contributed by atoms with van der Waals surface area (Å²) < 4.78 is 5.44. The van der Waals surface area contributed by atoms with E-state index in [2.05, 4.69) is 4.98 Å². The Balaban J connectivity index is 2.05. The van der Waals surface area contributed by atoms with E-state index in [0.29, 0.717) is 18.2 Å². The lowest BCUT2D eigenvalue weighted by Crippen LogP contribution is -1.98. The van der Waals surface area contributed by atoms with Crippen molar-refractivity contribution in [2.75, 3.05) is 5.73 Å². The van der Waals surface area contributed by atoms with Crippen molar-refractivity contribution in [3.63, 3.8) is 0 Å². The van der Waals surface area contributed by atoms with Crippen LogP contribution in [-0.4, -0.2) is 10.1 Å². The van der Waals surface area contributed by atoms with Gasteiger partial charge in [0.1, 0.15) is 12.4 Å². The summed E-state index contributed by atoms with van der Waals surface area (Å²) >= 11 is 0. The maximum atomic E-state index is 9.48. The van der Waals surface area contributed by atoms with Crippen LogP contribution in [0.1, 0.15) is 5.56 Å². The lowest BCUT2D eigenvalue weighted by molar-refractivity contribution is 0.289. The Hall–Kier alpha value is -2.23. The van der Waals surface area contributed by atoms with E-state index in [0.717, 1.165) is 5.56 Å². The first-order chi connectivity index (χ1) is 7.75. The van der Waals surface area contributed by atoms with E-state index in [1.165, 1.54) is 0 Å². The van der Waals surface area contributed by atoms with Gasteiger partial charge in [0.25, 0.3) is 0 Å². The van der Waals surface area contributed by atoms with E-state index in [9.17, 15) is 5.11 Å². The van der Waals surface area contributed by atoms with Gasteiger partial charge in [0.15, 0.2) is 11.5 Å². The number of hydrogen-bond acceptors (Lipinski definition) is 4. The van der Waals surface area contributed by atoms with Crippen molar-refractivity contribution < 1.29 is 9.84 Å². The van der Waals surface area contributed by atoms with E-state index in [4.69, 9.17) is 10.5 Å². The molecule has 0 fully saturated rings. The third-order valence-electron chi connectivity index (χ3n) is 2.11. The number of para-hydroxylation sites is 2. The van der Waals surface area contributed by atoms with E-state index < -0.39 is 0 Å². The number of aromatic hydroxyl groups is 1. The quantitative estimate of drug-likeness (QED) is 0.822. The summed E-state index contributed by atoms with van der Waals surface area (Å²) in [4.78, 5) is 3.89. The number of benzene rings is 1. The fraction of sp³-hybridized carbons (Fsp3) is 0.0833. The molecule has 4 nitrogen and oxygen atoms in total. The first-order valence-electron chi connectivity index (χ1n) is 4.87. The van der Waals surface area contributed by atoms with E-state index in [1.807, 2.05) is 6.07 Å². The lowest BCUT2D eigenvalue weighted by atomic mass is 10.3. The fourth-order valence-corrected chi connectivity index (χ4v) is 1.32. The number of ether oxygens (including phenoxy) is 1. The van der Waals surface area contributed by atoms with Gasteiger partial charge >= 0.3 is 0 Å². The van der Waals surface area contributed by atoms with Crippen molar-refractivity contribution in [1.29, 1.82) is 0 Å².